The van der Waals surface area contributed by atoms with Gasteiger partial charge >= 0.3 is 0 Å². The summed E-state index contributed by atoms with van der Waals surface area (Å²) in [6.45, 7) is -0.433. The van der Waals surface area contributed by atoms with Crippen LogP contribution in [0.25, 0.3) is 11.2 Å². The van der Waals surface area contributed by atoms with E-state index in [1.54, 1.807) is 6.20 Å². The lowest BCUT2D eigenvalue weighted by atomic mass is 9.85. The van der Waals surface area contributed by atoms with E-state index in [-0.39, 0.29) is 42.2 Å². The number of aliphatic hydroxyl groups excluding tert-OH is 3. The molecule has 2 aliphatic carbocycles. The first-order valence-corrected chi connectivity index (χ1v) is 13.8. The smallest absolute Gasteiger partial charge is 0.224 e. The molecule has 0 bridgehead atoms. The van der Waals surface area contributed by atoms with Gasteiger partial charge in [-0.05, 0) is 63.5 Å². The summed E-state index contributed by atoms with van der Waals surface area (Å²) in [5.74, 6) is -1.07. The highest BCUT2D eigenvalue weighted by Gasteiger charge is 2.30. The molecule has 5 rings (SSSR count). The number of rotatable bonds is 9. The Balaban J connectivity index is 1.39. The van der Waals surface area contributed by atoms with Crippen LogP contribution in [-0.2, 0) is 4.79 Å². The first-order chi connectivity index (χ1) is 19.3. The molecule has 0 spiro atoms. The number of benzene rings is 1. The van der Waals surface area contributed by atoms with Crippen LogP contribution in [0.3, 0.4) is 0 Å². The van der Waals surface area contributed by atoms with E-state index in [0.717, 1.165) is 18.9 Å². The molecule has 13 heteroatoms. The van der Waals surface area contributed by atoms with E-state index >= 15 is 0 Å². The molecule has 2 heterocycles. The Bertz CT molecular complexity index is 1320. The predicted octanol–water partition coefficient (Wildman–Crippen LogP) is 2.76. The molecule has 216 valence electrons. The van der Waals surface area contributed by atoms with Crippen LogP contribution in [0.2, 0.25) is 0 Å². The third-order valence-electron chi connectivity index (χ3n) is 7.80. The summed E-state index contributed by atoms with van der Waals surface area (Å²) in [4.78, 5) is 26.4. The molecule has 1 atom stereocenters. The average molecular weight is 560 g/mol. The quantitative estimate of drug-likeness (QED) is 0.232. The lowest BCUT2D eigenvalue weighted by molar-refractivity contribution is -0.126. The summed E-state index contributed by atoms with van der Waals surface area (Å²) in [5, 5.41) is 37.4. The third kappa shape index (κ3) is 6.48. The van der Waals surface area contributed by atoms with Gasteiger partial charge in [0, 0.05) is 30.6 Å². The Morgan fingerprint density at radius 3 is 2.52 bits per heavy atom. The molecular weight excluding hydrogens is 524 g/mol. The first kappa shape index (κ1) is 28.1. The molecule has 0 radical (unpaired) electrons. The monoisotopic (exact) mass is 559 g/mol. The molecular formula is C27H35F2N7O4. The van der Waals surface area contributed by atoms with E-state index in [0.29, 0.717) is 61.6 Å². The SMILES string of the molecule is O=C(NC[C@H](O)CO)C1CCC(n2c(Nc3ccc(F)cc3F)nc3cnc(NC4CCC(O)CC4)nc32)CC1. The van der Waals surface area contributed by atoms with E-state index in [4.69, 9.17) is 10.1 Å². The zero-order valence-corrected chi connectivity index (χ0v) is 22.1. The van der Waals surface area contributed by atoms with Gasteiger partial charge in [0.15, 0.2) is 5.65 Å². The van der Waals surface area contributed by atoms with Gasteiger partial charge in [0.1, 0.15) is 17.2 Å². The van der Waals surface area contributed by atoms with Crippen molar-refractivity contribution in [3.63, 3.8) is 0 Å². The van der Waals surface area contributed by atoms with Gasteiger partial charge in [-0.2, -0.15) is 4.98 Å². The van der Waals surface area contributed by atoms with Crippen molar-refractivity contribution in [2.75, 3.05) is 23.8 Å². The number of amides is 1. The zero-order chi connectivity index (χ0) is 28.2. The van der Waals surface area contributed by atoms with Crippen LogP contribution < -0.4 is 16.0 Å². The fourth-order valence-corrected chi connectivity index (χ4v) is 5.53. The van der Waals surface area contributed by atoms with Crippen molar-refractivity contribution in [3.05, 3.63) is 36.0 Å². The van der Waals surface area contributed by atoms with Crippen molar-refractivity contribution >= 4 is 34.7 Å². The minimum Gasteiger partial charge on any atom is -0.394 e. The second kappa shape index (κ2) is 12.4. The van der Waals surface area contributed by atoms with Crippen LogP contribution in [0.1, 0.15) is 57.4 Å². The predicted molar refractivity (Wildman–Crippen MR) is 144 cm³/mol. The van der Waals surface area contributed by atoms with Crippen LogP contribution in [0, 0.1) is 17.6 Å². The van der Waals surface area contributed by atoms with Crippen molar-refractivity contribution in [2.24, 2.45) is 5.92 Å². The molecule has 3 aromatic rings. The Morgan fingerprint density at radius 1 is 1.07 bits per heavy atom. The third-order valence-corrected chi connectivity index (χ3v) is 7.80. The second-order valence-electron chi connectivity index (χ2n) is 10.7. The lowest BCUT2D eigenvalue weighted by Crippen LogP contribution is -2.39. The van der Waals surface area contributed by atoms with Gasteiger partial charge in [-0.15, -0.1) is 0 Å². The van der Waals surface area contributed by atoms with Gasteiger partial charge in [-0.3, -0.25) is 9.36 Å². The molecule has 2 aliphatic rings. The number of fused-ring (bicyclic) bond motifs is 1. The van der Waals surface area contributed by atoms with Gasteiger partial charge in [0.05, 0.1) is 30.7 Å². The maximum atomic E-state index is 14.5. The maximum Gasteiger partial charge on any atom is 0.224 e. The zero-order valence-electron chi connectivity index (χ0n) is 22.1. The second-order valence-corrected chi connectivity index (χ2v) is 10.7. The molecule has 0 unspecified atom stereocenters. The molecule has 0 saturated heterocycles. The maximum absolute atomic E-state index is 14.5. The molecule has 1 aromatic carbocycles. The van der Waals surface area contributed by atoms with Crippen LogP contribution in [0.4, 0.5) is 26.4 Å². The molecule has 2 aromatic heterocycles. The summed E-state index contributed by atoms with van der Waals surface area (Å²) in [7, 11) is 0. The molecule has 0 aliphatic heterocycles. The number of imidazole rings is 1. The van der Waals surface area contributed by atoms with Gasteiger partial charge in [0.2, 0.25) is 17.8 Å². The molecule has 40 heavy (non-hydrogen) atoms. The van der Waals surface area contributed by atoms with Crippen LogP contribution in [0.5, 0.6) is 0 Å². The number of nitrogens with zero attached hydrogens (tertiary/aromatic N) is 4. The lowest BCUT2D eigenvalue weighted by Gasteiger charge is -2.30. The van der Waals surface area contributed by atoms with E-state index < -0.39 is 24.3 Å². The first-order valence-electron chi connectivity index (χ1n) is 13.8. The topological polar surface area (TPSA) is 157 Å². The molecule has 11 nitrogen and oxygen atoms in total. The van der Waals surface area contributed by atoms with E-state index in [1.165, 1.54) is 12.1 Å². The molecule has 6 N–H and O–H groups in total. The summed E-state index contributed by atoms with van der Waals surface area (Å²) < 4.78 is 30.0. The van der Waals surface area contributed by atoms with Crippen molar-refractivity contribution in [1.29, 1.82) is 0 Å². The van der Waals surface area contributed by atoms with E-state index in [2.05, 4.69) is 25.9 Å². The Morgan fingerprint density at radius 2 is 1.82 bits per heavy atom. The fraction of sp³-hybridized carbons (Fsp3) is 0.556. The minimum absolute atomic E-state index is 0.00856. The largest absolute Gasteiger partial charge is 0.394 e. The number of carbonyl (C=O) groups is 1. The Kier molecular flexibility index (Phi) is 8.72. The standard InChI is InChI=1S/C27H35F2N7O4/c28-16-3-10-22(21(29)11-16)33-27-34-23-13-31-26(32-17-4-8-19(38)9-5-17)35-24(23)36(27)18-6-1-15(2-7-18)25(40)30-12-20(39)14-37/h3,10-11,13,15,17-20,37-39H,1-2,4-9,12,14H2,(H,30,40)(H,33,34)(H,31,32,35)/t15?,17?,18?,19?,20-/m0/s1. The summed E-state index contributed by atoms with van der Waals surface area (Å²) in [5.41, 5.74) is 1.13. The highest BCUT2D eigenvalue weighted by molar-refractivity contribution is 5.79. The van der Waals surface area contributed by atoms with Crippen LogP contribution >= 0.6 is 0 Å². The number of aromatic nitrogens is 4. The fourth-order valence-electron chi connectivity index (χ4n) is 5.53. The molecule has 1 amide bonds. The van der Waals surface area contributed by atoms with E-state index in [1.807, 2.05) is 4.57 Å². The van der Waals surface area contributed by atoms with Gasteiger partial charge in [-0.25, -0.2) is 18.7 Å². The van der Waals surface area contributed by atoms with E-state index in [9.17, 15) is 23.8 Å². The van der Waals surface area contributed by atoms with Gasteiger partial charge in [0.25, 0.3) is 0 Å². The van der Waals surface area contributed by atoms with Crippen LogP contribution in [0.15, 0.2) is 24.4 Å². The van der Waals surface area contributed by atoms with Crippen molar-refractivity contribution in [2.45, 2.75) is 75.7 Å². The number of aliphatic hydroxyl groups is 3. The normalized spacial score (nSPS) is 24.0. The molecule has 2 fully saturated rings. The molecule has 2 saturated carbocycles. The number of carbonyl (C=O) groups excluding carboxylic acids is 1. The number of hydrogen-bond donors (Lipinski definition) is 6. The summed E-state index contributed by atoms with van der Waals surface area (Å²) in [6, 6.07) is 3.32. The Hall–Kier alpha value is -3.42. The van der Waals surface area contributed by atoms with Crippen LogP contribution in [-0.4, -0.2) is 72.1 Å². The van der Waals surface area contributed by atoms with Crippen molar-refractivity contribution in [1.82, 2.24) is 24.8 Å². The minimum atomic E-state index is -1.00. The number of anilines is 3. The summed E-state index contributed by atoms with van der Waals surface area (Å²) >= 11 is 0. The Labute approximate surface area is 230 Å². The van der Waals surface area contributed by atoms with Gasteiger partial charge < -0.3 is 31.3 Å². The highest BCUT2D eigenvalue weighted by atomic mass is 19.1. The summed E-state index contributed by atoms with van der Waals surface area (Å²) in [6.07, 6.45) is 5.78. The van der Waals surface area contributed by atoms with Gasteiger partial charge in [-0.1, -0.05) is 0 Å². The number of halogens is 2. The van der Waals surface area contributed by atoms with Crippen molar-refractivity contribution in [3.8, 4) is 0 Å². The van der Waals surface area contributed by atoms with Crippen molar-refractivity contribution < 1.29 is 28.9 Å². The highest BCUT2D eigenvalue weighted by Crippen LogP contribution is 2.37. The number of nitrogens with one attached hydrogen (secondary N) is 3. The average Bonchev–Trinajstić information content (AvgIpc) is 3.31. The number of hydrogen-bond acceptors (Lipinski definition) is 9.